The van der Waals surface area contributed by atoms with Crippen molar-refractivity contribution in [3.63, 3.8) is 0 Å². The molecule has 4 nitrogen and oxygen atoms in total. The summed E-state index contributed by atoms with van der Waals surface area (Å²) in [6, 6.07) is 0. The van der Waals surface area contributed by atoms with Crippen LogP contribution in [0.5, 0.6) is 0 Å². The maximum Gasteiger partial charge on any atom is 0.511 e. The molecule has 1 rings (SSSR count). The van der Waals surface area contributed by atoms with Gasteiger partial charge in [0, 0.05) is 6.42 Å². The van der Waals surface area contributed by atoms with Crippen LogP contribution in [0.3, 0.4) is 0 Å². The van der Waals surface area contributed by atoms with Crippen molar-refractivity contribution in [3.8, 4) is 0 Å². The zero-order valence-electron chi connectivity index (χ0n) is 4.66. The minimum absolute atomic E-state index is 0.377. The highest BCUT2D eigenvalue weighted by Gasteiger charge is 2.09. The van der Waals surface area contributed by atoms with E-state index in [4.69, 9.17) is 9.84 Å². The van der Waals surface area contributed by atoms with E-state index >= 15 is 0 Å². The van der Waals surface area contributed by atoms with Gasteiger partial charge in [0.05, 0.1) is 6.61 Å². The first-order valence-electron chi connectivity index (χ1n) is 2.50. The molecular weight excluding hydrogens is 124 g/mol. The van der Waals surface area contributed by atoms with Crippen molar-refractivity contribution < 1.29 is 19.4 Å². The van der Waals surface area contributed by atoms with E-state index in [9.17, 15) is 4.79 Å². The Kier molecular flexibility index (Phi) is 1.58. The lowest BCUT2D eigenvalue weighted by molar-refractivity contribution is 0.117. The van der Waals surface area contributed by atoms with E-state index in [1.165, 1.54) is 6.26 Å². The van der Waals surface area contributed by atoms with Crippen LogP contribution in [0.25, 0.3) is 0 Å². The molecule has 9 heavy (non-hydrogen) atoms. The first kappa shape index (κ1) is 5.94. The number of rotatable bonds is 1. The van der Waals surface area contributed by atoms with Crippen LogP contribution >= 0.6 is 0 Å². The summed E-state index contributed by atoms with van der Waals surface area (Å²) in [6.07, 6.45) is 0.576. The van der Waals surface area contributed by atoms with E-state index in [1.807, 2.05) is 0 Å². The molecule has 1 heterocycles. The van der Waals surface area contributed by atoms with Crippen molar-refractivity contribution in [2.24, 2.45) is 0 Å². The van der Waals surface area contributed by atoms with Crippen LogP contribution in [0.1, 0.15) is 6.42 Å². The lowest BCUT2D eigenvalue weighted by Gasteiger charge is -1.93. The first-order chi connectivity index (χ1) is 4.29. The Labute approximate surface area is 51.7 Å². The summed E-state index contributed by atoms with van der Waals surface area (Å²) in [7, 11) is 0. The maximum absolute atomic E-state index is 9.84. The highest BCUT2D eigenvalue weighted by molar-refractivity contribution is 5.58. The highest BCUT2D eigenvalue weighted by atomic mass is 16.7. The van der Waals surface area contributed by atoms with Gasteiger partial charge in [0.1, 0.15) is 12.0 Å². The predicted octanol–water partition coefficient (Wildman–Crippen LogP) is 0.943. The van der Waals surface area contributed by atoms with Gasteiger partial charge in [-0.05, 0) is 0 Å². The smallest absolute Gasteiger partial charge is 0.497 e. The second-order valence-electron chi connectivity index (χ2n) is 1.57. The molecule has 4 heteroatoms. The molecule has 0 atom stereocenters. The molecule has 1 aliphatic rings. The topological polar surface area (TPSA) is 55.8 Å². The Bertz CT molecular complexity index is 149. The van der Waals surface area contributed by atoms with Gasteiger partial charge < -0.3 is 14.6 Å². The Balaban J connectivity index is 2.35. The summed E-state index contributed by atoms with van der Waals surface area (Å²) in [6.45, 7) is 0.516. The maximum atomic E-state index is 9.84. The first-order valence-corrected chi connectivity index (χ1v) is 2.50. The number of ether oxygens (including phenoxy) is 2. The summed E-state index contributed by atoms with van der Waals surface area (Å²) >= 11 is 0. The van der Waals surface area contributed by atoms with E-state index in [0.717, 1.165) is 0 Å². The molecule has 0 aromatic carbocycles. The van der Waals surface area contributed by atoms with Gasteiger partial charge in [0.15, 0.2) is 0 Å². The number of carboxylic acid groups (broad SMARTS) is 1. The fraction of sp³-hybridized carbons (Fsp3) is 0.400. The molecule has 0 saturated heterocycles. The van der Waals surface area contributed by atoms with Crippen LogP contribution < -0.4 is 0 Å². The van der Waals surface area contributed by atoms with Crippen LogP contribution in [0.2, 0.25) is 0 Å². The molecule has 0 aliphatic carbocycles. The summed E-state index contributed by atoms with van der Waals surface area (Å²) in [5, 5.41) is 8.06. The zero-order chi connectivity index (χ0) is 6.69. The molecule has 0 radical (unpaired) electrons. The third-order valence-corrected chi connectivity index (χ3v) is 0.899. The van der Waals surface area contributed by atoms with Crippen molar-refractivity contribution in [2.75, 3.05) is 6.61 Å². The molecule has 0 aromatic rings. The largest absolute Gasteiger partial charge is 0.511 e. The molecule has 0 saturated carbocycles. The predicted molar refractivity (Wildman–Crippen MR) is 27.8 cm³/mol. The second-order valence-corrected chi connectivity index (χ2v) is 1.57. The standard InChI is InChI=1S/C5H6O4/c6-5(7)9-4-1-2-8-3-4/h3H,1-2H2,(H,6,7). The summed E-state index contributed by atoms with van der Waals surface area (Å²) in [5.74, 6) is 0.377. The van der Waals surface area contributed by atoms with Crippen LogP contribution in [0, 0.1) is 0 Å². The van der Waals surface area contributed by atoms with Gasteiger partial charge in [-0.1, -0.05) is 0 Å². The Morgan fingerprint density at radius 3 is 3.11 bits per heavy atom. The third-order valence-electron chi connectivity index (χ3n) is 0.899. The van der Waals surface area contributed by atoms with Gasteiger partial charge in [-0.25, -0.2) is 4.79 Å². The lowest BCUT2D eigenvalue weighted by Crippen LogP contribution is -1.97. The summed E-state index contributed by atoms with van der Waals surface area (Å²) < 4.78 is 8.97. The van der Waals surface area contributed by atoms with Crippen LogP contribution in [-0.2, 0) is 9.47 Å². The third kappa shape index (κ3) is 1.64. The highest BCUT2D eigenvalue weighted by Crippen LogP contribution is 2.10. The van der Waals surface area contributed by atoms with Crippen LogP contribution in [0.4, 0.5) is 4.79 Å². The van der Waals surface area contributed by atoms with Gasteiger partial charge in [0.25, 0.3) is 0 Å². The van der Waals surface area contributed by atoms with Crippen molar-refractivity contribution in [3.05, 3.63) is 12.0 Å². The average Bonchev–Trinajstić information content (AvgIpc) is 2.15. The molecule has 0 amide bonds. The van der Waals surface area contributed by atoms with E-state index in [0.29, 0.717) is 18.8 Å². The minimum Gasteiger partial charge on any atom is -0.497 e. The normalized spacial score (nSPS) is 16.2. The quantitative estimate of drug-likeness (QED) is 0.536. The summed E-state index contributed by atoms with van der Waals surface area (Å²) in [5.41, 5.74) is 0. The van der Waals surface area contributed by atoms with E-state index in [2.05, 4.69) is 4.74 Å². The second kappa shape index (κ2) is 2.39. The lowest BCUT2D eigenvalue weighted by atomic mass is 10.4. The van der Waals surface area contributed by atoms with Crippen molar-refractivity contribution in [1.82, 2.24) is 0 Å². The molecule has 0 spiro atoms. The fourth-order valence-electron chi connectivity index (χ4n) is 0.558. The molecule has 0 unspecified atom stereocenters. The van der Waals surface area contributed by atoms with E-state index in [-0.39, 0.29) is 0 Å². The Hall–Kier alpha value is -1.19. The SMILES string of the molecule is O=C(O)OC1=COCC1. The van der Waals surface area contributed by atoms with Gasteiger partial charge in [0.2, 0.25) is 0 Å². The van der Waals surface area contributed by atoms with E-state index in [1.54, 1.807) is 0 Å². The van der Waals surface area contributed by atoms with Gasteiger partial charge in [-0.2, -0.15) is 0 Å². The molecule has 0 fully saturated rings. The number of carbonyl (C=O) groups is 1. The van der Waals surface area contributed by atoms with Crippen LogP contribution in [0.15, 0.2) is 12.0 Å². The average molecular weight is 130 g/mol. The van der Waals surface area contributed by atoms with Gasteiger partial charge >= 0.3 is 6.16 Å². The zero-order valence-corrected chi connectivity index (χ0v) is 4.66. The number of hydrogen-bond donors (Lipinski definition) is 1. The monoisotopic (exact) mass is 130 g/mol. The van der Waals surface area contributed by atoms with Crippen molar-refractivity contribution in [1.29, 1.82) is 0 Å². The molecular formula is C5H6O4. The minimum atomic E-state index is -1.29. The van der Waals surface area contributed by atoms with Crippen molar-refractivity contribution >= 4 is 6.16 Å². The number of hydrogen-bond acceptors (Lipinski definition) is 3. The molecule has 50 valence electrons. The van der Waals surface area contributed by atoms with Gasteiger partial charge in [-0.15, -0.1) is 0 Å². The fourth-order valence-corrected chi connectivity index (χ4v) is 0.558. The summed E-state index contributed by atoms with van der Waals surface area (Å²) in [4.78, 5) is 9.84. The van der Waals surface area contributed by atoms with E-state index < -0.39 is 6.16 Å². The van der Waals surface area contributed by atoms with Crippen LogP contribution in [-0.4, -0.2) is 17.9 Å². The molecule has 1 N–H and O–H groups in total. The Morgan fingerprint density at radius 1 is 1.89 bits per heavy atom. The molecule has 1 aliphatic heterocycles. The van der Waals surface area contributed by atoms with Gasteiger partial charge in [-0.3, -0.25) is 0 Å². The molecule has 0 aromatic heterocycles. The Morgan fingerprint density at radius 2 is 2.67 bits per heavy atom. The van der Waals surface area contributed by atoms with Crippen molar-refractivity contribution in [2.45, 2.75) is 6.42 Å². The molecule has 0 bridgehead atoms.